The Kier molecular flexibility index (Phi) is 3.50. The molecule has 21 heavy (non-hydrogen) atoms. The van der Waals surface area contributed by atoms with Gasteiger partial charge in [0.1, 0.15) is 5.82 Å². The molecule has 2 aromatic rings. The second kappa shape index (κ2) is 5.32. The number of amides is 1. The SMILES string of the molecule is CCc1ccc(NC(=O)C2(c3ccc(F)cc3)CC2)cc1. The summed E-state index contributed by atoms with van der Waals surface area (Å²) >= 11 is 0. The average molecular weight is 283 g/mol. The summed E-state index contributed by atoms with van der Waals surface area (Å²) in [5, 5.41) is 2.98. The van der Waals surface area contributed by atoms with Gasteiger partial charge in [-0.2, -0.15) is 0 Å². The molecule has 1 fully saturated rings. The Morgan fingerprint density at radius 3 is 2.24 bits per heavy atom. The highest BCUT2D eigenvalue weighted by Crippen LogP contribution is 2.49. The van der Waals surface area contributed by atoms with Crippen molar-refractivity contribution in [3.8, 4) is 0 Å². The van der Waals surface area contributed by atoms with E-state index in [0.29, 0.717) is 0 Å². The van der Waals surface area contributed by atoms with Crippen molar-refractivity contribution in [1.82, 2.24) is 0 Å². The van der Waals surface area contributed by atoms with E-state index in [1.165, 1.54) is 17.7 Å². The van der Waals surface area contributed by atoms with Crippen molar-refractivity contribution < 1.29 is 9.18 Å². The quantitative estimate of drug-likeness (QED) is 0.900. The molecule has 2 nitrogen and oxygen atoms in total. The van der Waals surface area contributed by atoms with E-state index in [2.05, 4.69) is 12.2 Å². The Hall–Kier alpha value is -2.16. The highest BCUT2D eigenvalue weighted by Gasteiger charge is 2.51. The summed E-state index contributed by atoms with van der Waals surface area (Å²) in [6.07, 6.45) is 2.61. The van der Waals surface area contributed by atoms with Crippen molar-refractivity contribution in [3.63, 3.8) is 0 Å². The van der Waals surface area contributed by atoms with Gasteiger partial charge in [0.05, 0.1) is 5.41 Å². The summed E-state index contributed by atoms with van der Waals surface area (Å²) in [6.45, 7) is 2.10. The van der Waals surface area contributed by atoms with Crippen molar-refractivity contribution in [1.29, 1.82) is 0 Å². The van der Waals surface area contributed by atoms with Gasteiger partial charge >= 0.3 is 0 Å². The minimum Gasteiger partial charge on any atom is -0.325 e. The maximum absolute atomic E-state index is 13.0. The number of hydrogen-bond acceptors (Lipinski definition) is 1. The van der Waals surface area contributed by atoms with Gasteiger partial charge in [-0.15, -0.1) is 0 Å². The molecule has 0 spiro atoms. The molecule has 0 aromatic heterocycles. The van der Waals surface area contributed by atoms with Crippen LogP contribution in [-0.4, -0.2) is 5.91 Å². The first kappa shape index (κ1) is 13.8. The van der Waals surface area contributed by atoms with Crippen LogP contribution in [0.15, 0.2) is 48.5 Å². The van der Waals surface area contributed by atoms with Crippen LogP contribution >= 0.6 is 0 Å². The lowest BCUT2D eigenvalue weighted by molar-refractivity contribution is -0.118. The smallest absolute Gasteiger partial charge is 0.235 e. The van der Waals surface area contributed by atoms with Crippen molar-refractivity contribution in [2.45, 2.75) is 31.6 Å². The van der Waals surface area contributed by atoms with Gasteiger partial charge in [-0.1, -0.05) is 31.2 Å². The predicted octanol–water partition coefficient (Wildman–Crippen LogP) is 4.06. The molecule has 0 atom stereocenters. The summed E-state index contributed by atoms with van der Waals surface area (Å²) in [4.78, 5) is 12.5. The maximum atomic E-state index is 13.0. The van der Waals surface area contributed by atoms with Gasteiger partial charge in [0, 0.05) is 5.69 Å². The van der Waals surface area contributed by atoms with Crippen molar-refractivity contribution in [3.05, 3.63) is 65.5 Å². The van der Waals surface area contributed by atoms with Crippen LogP contribution in [0.5, 0.6) is 0 Å². The fourth-order valence-corrected chi connectivity index (χ4v) is 2.62. The van der Waals surface area contributed by atoms with Crippen LogP contribution < -0.4 is 5.32 Å². The molecule has 1 saturated carbocycles. The molecule has 3 rings (SSSR count). The largest absolute Gasteiger partial charge is 0.325 e. The second-order valence-corrected chi connectivity index (χ2v) is 5.59. The van der Waals surface area contributed by atoms with E-state index in [-0.39, 0.29) is 11.7 Å². The number of rotatable bonds is 4. The first-order valence-electron chi connectivity index (χ1n) is 7.30. The van der Waals surface area contributed by atoms with Gasteiger partial charge in [0.15, 0.2) is 0 Å². The molecule has 1 aliphatic carbocycles. The topological polar surface area (TPSA) is 29.1 Å². The third-order valence-corrected chi connectivity index (χ3v) is 4.20. The standard InChI is InChI=1S/C18H18FNO/c1-2-13-3-9-16(10-4-13)20-17(21)18(11-12-18)14-5-7-15(19)8-6-14/h3-10H,2,11-12H2,1H3,(H,20,21). The molecule has 1 N–H and O–H groups in total. The minimum absolute atomic E-state index is 0.00152. The van der Waals surface area contributed by atoms with Gasteiger partial charge in [0.25, 0.3) is 0 Å². The normalized spacial score (nSPS) is 15.5. The lowest BCUT2D eigenvalue weighted by Gasteiger charge is -2.16. The maximum Gasteiger partial charge on any atom is 0.235 e. The highest BCUT2D eigenvalue weighted by atomic mass is 19.1. The van der Waals surface area contributed by atoms with Crippen LogP contribution in [0.3, 0.4) is 0 Å². The van der Waals surface area contributed by atoms with Crippen molar-refractivity contribution in [2.75, 3.05) is 5.32 Å². The van der Waals surface area contributed by atoms with Crippen LogP contribution in [-0.2, 0) is 16.6 Å². The molecule has 1 aliphatic rings. The number of carbonyl (C=O) groups excluding carboxylic acids is 1. The van der Waals surface area contributed by atoms with Crippen LogP contribution in [0.25, 0.3) is 0 Å². The lowest BCUT2D eigenvalue weighted by Crippen LogP contribution is -2.27. The van der Waals surface area contributed by atoms with E-state index in [4.69, 9.17) is 0 Å². The fraction of sp³-hybridized carbons (Fsp3) is 0.278. The van der Waals surface area contributed by atoms with Gasteiger partial charge < -0.3 is 5.32 Å². The molecular weight excluding hydrogens is 265 g/mol. The molecule has 0 saturated heterocycles. The number of hydrogen-bond donors (Lipinski definition) is 1. The van der Waals surface area contributed by atoms with Gasteiger partial charge in [-0.25, -0.2) is 4.39 Å². The van der Waals surface area contributed by atoms with Crippen LogP contribution in [0, 0.1) is 5.82 Å². The van der Waals surface area contributed by atoms with E-state index in [0.717, 1.165) is 30.5 Å². The number of benzene rings is 2. The van der Waals surface area contributed by atoms with Crippen molar-refractivity contribution in [2.24, 2.45) is 0 Å². The molecule has 2 aromatic carbocycles. The third-order valence-electron chi connectivity index (χ3n) is 4.20. The van der Waals surface area contributed by atoms with E-state index < -0.39 is 5.41 Å². The Labute approximate surface area is 124 Å². The Morgan fingerprint density at radius 2 is 1.71 bits per heavy atom. The van der Waals surface area contributed by atoms with Gasteiger partial charge in [-0.05, 0) is 54.7 Å². The molecular formula is C18H18FNO. The zero-order valence-corrected chi connectivity index (χ0v) is 12.0. The molecule has 108 valence electrons. The second-order valence-electron chi connectivity index (χ2n) is 5.59. The summed E-state index contributed by atoms with van der Waals surface area (Å²) in [7, 11) is 0. The average Bonchev–Trinajstić information content (AvgIpc) is 3.30. The van der Waals surface area contributed by atoms with E-state index in [1.807, 2.05) is 24.3 Å². The summed E-state index contributed by atoms with van der Waals surface area (Å²) in [5.74, 6) is -0.275. The first-order chi connectivity index (χ1) is 10.1. The molecule has 0 unspecified atom stereocenters. The zero-order valence-electron chi connectivity index (χ0n) is 12.0. The van der Waals surface area contributed by atoms with Crippen molar-refractivity contribution >= 4 is 11.6 Å². The van der Waals surface area contributed by atoms with Gasteiger partial charge in [-0.3, -0.25) is 4.79 Å². The highest BCUT2D eigenvalue weighted by molar-refractivity contribution is 6.01. The molecule has 0 heterocycles. The Balaban J connectivity index is 1.76. The summed E-state index contributed by atoms with van der Waals surface area (Å²) < 4.78 is 13.0. The first-order valence-corrected chi connectivity index (χ1v) is 7.30. The molecule has 0 bridgehead atoms. The van der Waals surface area contributed by atoms with E-state index in [9.17, 15) is 9.18 Å². The number of halogens is 1. The van der Waals surface area contributed by atoms with Gasteiger partial charge in [0.2, 0.25) is 5.91 Å². The predicted molar refractivity (Wildman–Crippen MR) is 81.8 cm³/mol. The molecule has 3 heteroatoms. The number of anilines is 1. The lowest BCUT2D eigenvalue weighted by atomic mass is 9.95. The summed E-state index contributed by atoms with van der Waals surface area (Å²) in [6, 6.07) is 14.1. The number of nitrogens with one attached hydrogen (secondary N) is 1. The van der Waals surface area contributed by atoms with Crippen LogP contribution in [0.2, 0.25) is 0 Å². The molecule has 1 amide bonds. The summed E-state index contributed by atoms with van der Waals surface area (Å²) in [5.41, 5.74) is 2.47. The van der Waals surface area contributed by atoms with E-state index >= 15 is 0 Å². The van der Waals surface area contributed by atoms with Crippen LogP contribution in [0.1, 0.15) is 30.9 Å². The zero-order chi connectivity index (χ0) is 14.9. The molecule has 0 radical (unpaired) electrons. The fourth-order valence-electron chi connectivity index (χ4n) is 2.62. The monoisotopic (exact) mass is 283 g/mol. The van der Waals surface area contributed by atoms with E-state index in [1.54, 1.807) is 12.1 Å². The Bertz CT molecular complexity index is 642. The van der Waals surface area contributed by atoms with Crippen LogP contribution in [0.4, 0.5) is 10.1 Å². The third kappa shape index (κ3) is 2.68. The molecule has 0 aliphatic heterocycles. The Morgan fingerprint density at radius 1 is 1.10 bits per heavy atom. The minimum atomic E-state index is -0.475. The number of aryl methyl sites for hydroxylation is 1. The number of carbonyl (C=O) groups is 1.